The molecule has 1 N–H and O–H groups in total. The summed E-state index contributed by atoms with van der Waals surface area (Å²) in [5.74, 6) is -0.632. The Labute approximate surface area is 125 Å². The molecule has 0 unspecified atom stereocenters. The average Bonchev–Trinajstić information content (AvgIpc) is 2.46. The van der Waals surface area contributed by atoms with E-state index in [1.807, 2.05) is 0 Å². The molecule has 0 amide bonds. The summed E-state index contributed by atoms with van der Waals surface area (Å²) in [5, 5.41) is 21.8. The standard InChI is InChI=1S/C14H26N2O5/c1-2-3-4-5-6-9-12-21-14(17)13(15-18)10-7-8-11-16(19)20/h18H,2-12H2,1H3. The molecular formula is C14H26N2O5. The molecule has 7 nitrogen and oxygen atoms in total. The molecule has 122 valence electrons. The molecule has 0 aromatic heterocycles. The fraction of sp³-hybridized carbons (Fsp3) is 0.857. The largest absolute Gasteiger partial charge is 0.461 e. The van der Waals surface area contributed by atoms with Crippen LogP contribution in [0.1, 0.15) is 64.7 Å². The van der Waals surface area contributed by atoms with Gasteiger partial charge in [0.1, 0.15) is 0 Å². The molecule has 0 rings (SSSR count). The number of carbonyl (C=O) groups excluding carboxylic acids is 1. The summed E-state index contributed by atoms with van der Waals surface area (Å²) in [5.41, 5.74) is -0.0654. The minimum absolute atomic E-state index is 0.0654. The Bertz CT molecular complexity index is 331. The number of esters is 1. The molecule has 0 aliphatic carbocycles. The first-order valence-electron chi connectivity index (χ1n) is 7.61. The molecule has 0 bridgehead atoms. The first-order chi connectivity index (χ1) is 10.1. The molecule has 0 fully saturated rings. The van der Waals surface area contributed by atoms with Crippen LogP contribution in [0.3, 0.4) is 0 Å². The van der Waals surface area contributed by atoms with Gasteiger partial charge in [-0.1, -0.05) is 44.2 Å². The molecule has 0 saturated carbocycles. The summed E-state index contributed by atoms with van der Waals surface area (Å²) in [6, 6.07) is 0. The van der Waals surface area contributed by atoms with E-state index in [0.29, 0.717) is 19.4 Å². The van der Waals surface area contributed by atoms with Crippen molar-refractivity contribution in [3.8, 4) is 0 Å². The highest BCUT2D eigenvalue weighted by molar-refractivity contribution is 6.36. The first kappa shape index (κ1) is 19.3. The zero-order valence-electron chi connectivity index (χ0n) is 12.8. The van der Waals surface area contributed by atoms with Gasteiger partial charge in [-0.2, -0.15) is 0 Å². The van der Waals surface area contributed by atoms with E-state index in [9.17, 15) is 14.9 Å². The second-order valence-corrected chi connectivity index (χ2v) is 4.96. The molecule has 0 saturated heterocycles. The number of nitrogens with zero attached hydrogens (tertiary/aromatic N) is 2. The Morgan fingerprint density at radius 3 is 2.43 bits per heavy atom. The van der Waals surface area contributed by atoms with Gasteiger partial charge in [-0.05, 0) is 12.8 Å². The van der Waals surface area contributed by atoms with Crippen molar-refractivity contribution < 1.29 is 19.7 Å². The molecule has 21 heavy (non-hydrogen) atoms. The summed E-state index contributed by atoms with van der Waals surface area (Å²) in [6.45, 7) is 2.33. The SMILES string of the molecule is CCCCCCCCOC(=O)C(CCCC[N+](=O)[O-])=NO. The van der Waals surface area contributed by atoms with E-state index in [0.717, 1.165) is 19.3 Å². The van der Waals surface area contributed by atoms with Crippen LogP contribution in [0.15, 0.2) is 5.16 Å². The summed E-state index contributed by atoms with van der Waals surface area (Å²) in [4.78, 5) is 21.3. The Balaban J connectivity index is 3.68. The number of ether oxygens (including phenoxy) is 1. The number of nitro groups is 1. The molecule has 0 spiro atoms. The zero-order valence-corrected chi connectivity index (χ0v) is 12.8. The molecule has 0 aromatic carbocycles. The van der Waals surface area contributed by atoms with Gasteiger partial charge in [-0.3, -0.25) is 10.1 Å². The summed E-state index contributed by atoms with van der Waals surface area (Å²) in [7, 11) is 0. The minimum atomic E-state index is -0.632. The molecule has 0 aromatic rings. The lowest BCUT2D eigenvalue weighted by Gasteiger charge is -2.06. The molecule has 0 aliphatic rings. The van der Waals surface area contributed by atoms with Crippen molar-refractivity contribution in [3.05, 3.63) is 10.1 Å². The highest BCUT2D eigenvalue weighted by Gasteiger charge is 2.14. The summed E-state index contributed by atoms with van der Waals surface area (Å²) < 4.78 is 5.02. The van der Waals surface area contributed by atoms with Crippen LogP contribution >= 0.6 is 0 Å². The van der Waals surface area contributed by atoms with Gasteiger partial charge in [0, 0.05) is 17.8 Å². The van der Waals surface area contributed by atoms with E-state index in [-0.39, 0.29) is 18.7 Å². The average molecular weight is 302 g/mol. The summed E-state index contributed by atoms with van der Waals surface area (Å²) >= 11 is 0. The van der Waals surface area contributed by atoms with Crippen LogP contribution in [0.25, 0.3) is 0 Å². The van der Waals surface area contributed by atoms with Crippen LogP contribution in [0.5, 0.6) is 0 Å². The van der Waals surface area contributed by atoms with E-state index in [1.165, 1.54) is 19.3 Å². The van der Waals surface area contributed by atoms with Gasteiger partial charge in [0.05, 0.1) is 6.61 Å². The Hall–Kier alpha value is -1.66. The second-order valence-electron chi connectivity index (χ2n) is 4.96. The quantitative estimate of drug-likeness (QED) is 0.141. The van der Waals surface area contributed by atoms with Gasteiger partial charge in [0.25, 0.3) is 0 Å². The minimum Gasteiger partial charge on any atom is -0.461 e. The van der Waals surface area contributed by atoms with Gasteiger partial charge in [0.2, 0.25) is 6.54 Å². The lowest BCUT2D eigenvalue weighted by Crippen LogP contribution is -2.18. The highest BCUT2D eigenvalue weighted by atomic mass is 16.6. The Kier molecular flexibility index (Phi) is 12.3. The van der Waals surface area contributed by atoms with Crippen molar-refractivity contribution in [3.63, 3.8) is 0 Å². The molecular weight excluding hydrogens is 276 g/mol. The molecule has 7 heteroatoms. The Morgan fingerprint density at radius 2 is 1.81 bits per heavy atom. The topological polar surface area (TPSA) is 102 Å². The maximum Gasteiger partial charge on any atom is 0.356 e. The lowest BCUT2D eigenvalue weighted by atomic mass is 10.1. The fourth-order valence-electron chi connectivity index (χ4n) is 1.86. The first-order valence-corrected chi connectivity index (χ1v) is 7.61. The number of hydrogen-bond acceptors (Lipinski definition) is 6. The van der Waals surface area contributed by atoms with Crippen LogP contribution < -0.4 is 0 Å². The number of unbranched alkanes of at least 4 members (excludes halogenated alkanes) is 6. The molecule has 0 heterocycles. The third-order valence-electron chi connectivity index (χ3n) is 3.09. The normalized spacial score (nSPS) is 11.4. The third kappa shape index (κ3) is 11.8. The summed E-state index contributed by atoms with van der Waals surface area (Å²) in [6.07, 6.45) is 7.53. The van der Waals surface area contributed by atoms with Crippen LogP contribution in [0, 0.1) is 10.1 Å². The second kappa shape index (κ2) is 13.3. The van der Waals surface area contributed by atoms with Crippen molar-refractivity contribution in [2.45, 2.75) is 64.7 Å². The number of oxime groups is 1. The van der Waals surface area contributed by atoms with Crippen LogP contribution in [-0.2, 0) is 9.53 Å². The van der Waals surface area contributed by atoms with Crippen molar-refractivity contribution in [2.75, 3.05) is 13.2 Å². The Morgan fingerprint density at radius 1 is 1.14 bits per heavy atom. The lowest BCUT2D eigenvalue weighted by molar-refractivity contribution is -0.480. The van der Waals surface area contributed by atoms with Gasteiger partial charge in [-0.25, -0.2) is 4.79 Å². The van der Waals surface area contributed by atoms with Crippen LogP contribution in [-0.4, -0.2) is 35.0 Å². The highest BCUT2D eigenvalue weighted by Crippen LogP contribution is 2.06. The van der Waals surface area contributed by atoms with Gasteiger partial charge < -0.3 is 9.94 Å². The maximum absolute atomic E-state index is 11.6. The van der Waals surface area contributed by atoms with E-state index in [1.54, 1.807) is 0 Å². The third-order valence-corrected chi connectivity index (χ3v) is 3.09. The van der Waals surface area contributed by atoms with Gasteiger partial charge >= 0.3 is 5.97 Å². The number of carbonyl (C=O) groups is 1. The van der Waals surface area contributed by atoms with E-state index >= 15 is 0 Å². The van der Waals surface area contributed by atoms with Crippen molar-refractivity contribution >= 4 is 11.7 Å². The van der Waals surface area contributed by atoms with E-state index in [2.05, 4.69) is 12.1 Å². The predicted octanol–water partition coefficient (Wildman–Crippen LogP) is 3.17. The number of rotatable bonds is 13. The van der Waals surface area contributed by atoms with Crippen LogP contribution in [0.2, 0.25) is 0 Å². The fourth-order valence-corrected chi connectivity index (χ4v) is 1.86. The predicted molar refractivity (Wildman–Crippen MR) is 79.3 cm³/mol. The molecule has 0 atom stereocenters. The van der Waals surface area contributed by atoms with Gasteiger partial charge in [-0.15, -0.1) is 0 Å². The van der Waals surface area contributed by atoms with E-state index < -0.39 is 10.9 Å². The molecule has 0 radical (unpaired) electrons. The number of hydrogen-bond donors (Lipinski definition) is 1. The van der Waals surface area contributed by atoms with E-state index in [4.69, 9.17) is 9.94 Å². The molecule has 0 aliphatic heterocycles. The zero-order chi connectivity index (χ0) is 15.9. The van der Waals surface area contributed by atoms with Crippen LogP contribution in [0.4, 0.5) is 0 Å². The monoisotopic (exact) mass is 302 g/mol. The van der Waals surface area contributed by atoms with Crippen molar-refractivity contribution in [2.24, 2.45) is 5.16 Å². The smallest absolute Gasteiger partial charge is 0.356 e. The maximum atomic E-state index is 11.6. The van der Waals surface area contributed by atoms with Crippen molar-refractivity contribution in [1.29, 1.82) is 0 Å². The van der Waals surface area contributed by atoms with Gasteiger partial charge in [0.15, 0.2) is 5.71 Å². The van der Waals surface area contributed by atoms with Crippen molar-refractivity contribution in [1.82, 2.24) is 0 Å².